The van der Waals surface area contributed by atoms with Crippen molar-refractivity contribution in [3.63, 3.8) is 0 Å². The molecule has 3 N–H and O–H groups in total. The van der Waals surface area contributed by atoms with E-state index in [4.69, 9.17) is 24.9 Å². The largest absolute Gasteiger partial charge is 0.463 e. The fourth-order valence-corrected chi connectivity index (χ4v) is 3.17. The van der Waals surface area contributed by atoms with Gasteiger partial charge in [-0.25, -0.2) is 14.4 Å². The molecule has 0 aliphatic carbocycles. The highest BCUT2D eigenvalue weighted by molar-refractivity contribution is 5.76. The number of benzene rings is 1. The first-order valence-corrected chi connectivity index (χ1v) is 10.3. The maximum absolute atomic E-state index is 13.5. The molecular weight excluding hydrogens is 401 g/mol. The minimum atomic E-state index is -0.662. The third kappa shape index (κ3) is 4.73. The fraction of sp³-hybridized carbons (Fsp3) is 0.409. The molecule has 0 bridgehead atoms. The van der Waals surface area contributed by atoms with Crippen molar-refractivity contribution < 1.29 is 18.6 Å². The van der Waals surface area contributed by atoms with E-state index in [0.29, 0.717) is 49.3 Å². The van der Waals surface area contributed by atoms with Gasteiger partial charge in [-0.05, 0) is 36.8 Å². The molecule has 1 saturated heterocycles. The molecule has 1 fully saturated rings. The van der Waals surface area contributed by atoms with Gasteiger partial charge in [0.15, 0.2) is 5.82 Å². The zero-order valence-electron chi connectivity index (χ0n) is 17.6. The molecule has 2 aromatic heterocycles. The summed E-state index contributed by atoms with van der Waals surface area (Å²) in [5, 5.41) is 0. The average molecular weight is 427 g/mol. The Balaban J connectivity index is 1.71. The van der Waals surface area contributed by atoms with Crippen LogP contribution in [0.3, 0.4) is 0 Å². The molecule has 164 valence electrons. The van der Waals surface area contributed by atoms with Gasteiger partial charge in [-0.15, -0.1) is 0 Å². The highest BCUT2D eigenvalue weighted by atomic mass is 19.1. The lowest BCUT2D eigenvalue weighted by atomic mass is 9.93. The van der Waals surface area contributed by atoms with Gasteiger partial charge < -0.3 is 24.9 Å². The Morgan fingerprint density at radius 1 is 1.19 bits per heavy atom. The van der Waals surface area contributed by atoms with Crippen molar-refractivity contribution in [3.05, 3.63) is 48.2 Å². The minimum Gasteiger partial charge on any atom is -0.463 e. The number of hydrogen-bond acceptors (Lipinski definition) is 7. The first kappa shape index (κ1) is 21.4. The lowest BCUT2D eigenvalue weighted by Gasteiger charge is -2.35. The van der Waals surface area contributed by atoms with Gasteiger partial charge in [-0.1, -0.05) is 13.8 Å². The number of imidazole rings is 1. The van der Waals surface area contributed by atoms with Crippen molar-refractivity contribution in [1.29, 1.82) is 0 Å². The van der Waals surface area contributed by atoms with Crippen LogP contribution in [-0.2, 0) is 9.47 Å². The molecule has 4 rings (SSSR count). The zero-order chi connectivity index (χ0) is 21.8. The summed E-state index contributed by atoms with van der Waals surface area (Å²) in [4.78, 5) is 16.7. The molecule has 31 heavy (non-hydrogen) atoms. The van der Waals surface area contributed by atoms with Gasteiger partial charge >= 0.3 is 6.01 Å². The van der Waals surface area contributed by atoms with E-state index in [2.05, 4.69) is 15.0 Å². The van der Waals surface area contributed by atoms with E-state index in [1.807, 2.05) is 13.8 Å². The molecule has 0 unspecified atom stereocenters. The van der Waals surface area contributed by atoms with Crippen LogP contribution in [0, 0.1) is 11.2 Å². The van der Waals surface area contributed by atoms with E-state index in [1.54, 1.807) is 24.4 Å². The summed E-state index contributed by atoms with van der Waals surface area (Å²) in [6.07, 6.45) is 1.81. The number of aromatic nitrogens is 4. The van der Waals surface area contributed by atoms with Crippen molar-refractivity contribution in [3.8, 4) is 28.7 Å². The number of nitrogens with zero attached hydrogens (tertiary/aromatic N) is 3. The highest BCUT2D eigenvalue weighted by Crippen LogP contribution is 2.35. The van der Waals surface area contributed by atoms with Gasteiger partial charge in [0.2, 0.25) is 6.29 Å². The van der Waals surface area contributed by atoms with Crippen LogP contribution in [0.25, 0.3) is 22.6 Å². The number of nitrogens with one attached hydrogen (secondary N) is 1. The van der Waals surface area contributed by atoms with Crippen LogP contribution in [0.15, 0.2) is 36.5 Å². The second-order valence-corrected chi connectivity index (χ2v) is 7.89. The van der Waals surface area contributed by atoms with E-state index in [9.17, 15) is 4.39 Å². The van der Waals surface area contributed by atoms with E-state index in [1.165, 1.54) is 12.1 Å². The Kier molecular flexibility index (Phi) is 6.26. The van der Waals surface area contributed by atoms with Crippen molar-refractivity contribution >= 4 is 0 Å². The maximum Gasteiger partial charge on any atom is 0.316 e. The Labute approximate surface area is 180 Å². The summed E-state index contributed by atoms with van der Waals surface area (Å²) in [6.45, 7) is 5.92. The van der Waals surface area contributed by atoms with Crippen LogP contribution in [-0.4, -0.2) is 46.3 Å². The summed E-state index contributed by atoms with van der Waals surface area (Å²) >= 11 is 0. The second kappa shape index (κ2) is 9.09. The number of aromatic amines is 1. The Morgan fingerprint density at radius 2 is 1.94 bits per heavy atom. The summed E-state index contributed by atoms with van der Waals surface area (Å²) in [5.41, 5.74) is 8.17. The summed E-state index contributed by atoms with van der Waals surface area (Å²) in [7, 11) is 0. The molecule has 1 aliphatic rings. The Bertz CT molecular complexity index is 1020. The van der Waals surface area contributed by atoms with Crippen LogP contribution in [0.4, 0.5) is 4.39 Å². The monoisotopic (exact) mass is 427 g/mol. The van der Waals surface area contributed by atoms with Gasteiger partial charge in [0.1, 0.15) is 5.82 Å². The first-order valence-electron chi connectivity index (χ1n) is 10.3. The Morgan fingerprint density at radius 3 is 2.61 bits per heavy atom. The lowest BCUT2D eigenvalue weighted by molar-refractivity contribution is -0.231. The van der Waals surface area contributed by atoms with Crippen LogP contribution < -0.4 is 10.5 Å². The van der Waals surface area contributed by atoms with Crippen molar-refractivity contribution in [2.75, 3.05) is 26.4 Å². The molecule has 1 aromatic carbocycles. The average Bonchev–Trinajstić information content (AvgIpc) is 3.24. The number of H-pyrrole nitrogens is 1. The van der Waals surface area contributed by atoms with Gasteiger partial charge in [0.25, 0.3) is 0 Å². The van der Waals surface area contributed by atoms with Crippen molar-refractivity contribution in [2.24, 2.45) is 11.1 Å². The van der Waals surface area contributed by atoms with E-state index >= 15 is 0 Å². The smallest absolute Gasteiger partial charge is 0.316 e. The SMILES string of the molecule is CCCOc1nccc(-c2[nH]c(C3OCC(C)(CN)CO3)nc2-c2ccc(F)cc2)n1. The molecule has 0 amide bonds. The van der Waals surface area contributed by atoms with Crippen LogP contribution in [0.1, 0.15) is 32.4 Å². The van der Waals surface area contributed by atoms with Gasteiger partial charge in [-0.2, -0.15) is 4.98 Å². The molecule has 0 atom stereocenters. The van der Waals surface area contributed by atoms with E-state index in [-0.39, 0.29) is 17.2 Å². The molecule has 3 aromatic rings. The minimum absolute atomic E-state index is 0.232. The number of hydrogen-bond donors (Lipinski definition) is 2. The van der Waals surface area contributed by atoms with E-state index < -0.39 is 6.29 Å². The number of halogens is 1. The zero-order valence-corrected chi connectivity index (χ0v) is 17.6. The third-order valence-corrected chi connectivity index (χ3v) is 5.05. The maximum atomic E-state index is 13.5. The molecule has 0 radical (unpaired) electrons. The number of rotatable bonds is 7. The third-order valence-electron chi connectivity index (χ3n) is 5.05. The highest BCUT2D eigenvalue weighted by Gasteiger charge is 2.34. The lowest BCUT2D eigenvalue weighted by Crippen LogP contribution is -2.42. The van der Waals surface area contributed by atoms with E-state index in [0.717, 1.165) is 12.0 Å². The van der Waals surface area contributed by atoms with Crippen LogP contribution in [0.5, 0.6) is 6.01 Å². The van der Waals surface area contributed by atoms with Crippen LogP contribution >= 0.6 is 0 Å². The molecule has 1 aliphatic heterocycles. The van der Waals surface area contributed by atoms with Crippen molar-refractivity contribution in [1.82, 2.24) is 19.9 Å². The van der Waals surface area contributed by atoms with Crippen LogP contribution in [0.2, 0.25) is 0 Å². The van der Waals surface area contributed by atoms with Gasteiger partial charge in [0, 0.05) is 23.7 Å². The normalized spacial score (nSPS) is 21.2. The predicted octanol–water partition coefficient (Wildman–Crippen LogP) is 3.47. The standard InChI is InChI=1S/C22H26FN5O3/c1-3-10-29-21-25-9-8-16(26-21)18-17(14-4-6-15(23)7-5-14)27-19(28-18)20-30-12-22(2,11-24)13-31-20/h4-9,20H,3,10-13,24H2,1-2H3,(H,27,28). The number of ether oxygens (including phenoxy) is 3. The molecule has 3 heterocycles. The second-order valence-electron chi connectivity index (χ2n) is 7.89. The molecule has 8 nitrogen and oxygen atoms in total. The first-order chi connectivity index (χ1) is 15.0. The predicted molar refractivity (Wildman–Crippen MR) is 113 cm³/mol. The molecular formula is C22H26FN5O3. The molecule has 9 heteroatoms. The van der Waals surface area contributed by atoms with Crippen molar-refractivity contribution in [2.45, 2.75) is 26.6 Å². The quantitative estimate of drug-likeness (QED) is 0.594. The number of nitrogens with two attached hydrogens (primary N) is 1. The molecule has 0 spiro atoms. The fourth-order valence-electron chi connectivity index (χ4n) is 3.17. The summed E-state index contributed by atoms with van der Waals surface area (Å²) in [5.74, 6) is 0.182. The topological polar surface area (TPSA) is 108 Å². The summed E-state index contributed by atoms with van der Waals surface area (Å²) in [6, 6.07) is 8.17. The summed E-state index contributed by atoms with van der Waals surface area (Å²) < 4.78 is 30.8. The molecule has 0 saturated carbocycles. The Hall–Kier alpha value is -2.88. The van der Waals surface area contributed by atoms with Gasteiger partial charge in [0.05, 0.1) is 36.9 Å². The van der Waals surface area contributed by atoms with Gasteiger partial charge in [-0.3, -0.25) is 0 Å².